The third-order valence-corrected chi connectivity index (χ3v) is 5.51. The molecule has 0 aromatic heterocycles. The Bertz CT molecular complexity index is 988. The van der Waals surface area contributed by atoms with E-state index in [1.807, 2.05) is 12.1 Å². The number of halogens is 2. The van der Waals surface area contributed by atoms with Crippen molar-refractivity contribution in [3.8, 4) is 11.8 Å². The van der Waals surface area contributed by atoms with Gasteiger partial charge in [-0.25, -0.2) is 13.6 Å². The van der Waals surface area contributed by atoms with Crippen LogP contribution in [0.3, 0.4) is 0 Å². The molecule has 2 aromatic carbocycles. The summed E-state index contributed by atoms with van der Waals surface area (Å²) in [6.07, 6.45) is 14.8. The molecule has 0 spiro atoms. The van der Waals surface area contributed by atoms with Gasteiger partial charge in [-0.1, -0.05) is 43.4 Å². The number of hydrogen-bond acceptors (Lipinski definition) is 3. The van der Waals surface area contributed by atoms with Crippen molar-refractivity contribution in [3.05, 3.63) is 83.0 Å². The lowest BCUT2D eigenvalue weighted by molar-refractivity contribution is 0.0734. The number of nitriles is 1. The first-order chi connectivity index (χ1) is 15.0. The molecule has 31 heavy (non-hydrogen) atoms. The maximum Gasteiger partial charge on any atom is 0.343 e. The van der Waals surface area contributed by atoms with Crippen LogP contribution in [0.15, 0.2) is 54.6 Å². The van der Waals surface area contributed by atoms with Gasteiger partial charge >= 0.3 is 5.97 Å². The van der Waals surface area contributed by atoms with Gasteiger partial charge in [-0.3, -0.25) is 0 Å². The van der Waals surface area contributed by atoms with E-state index in [0.29, 0.717) is 11.8 Å². The molecule has 0 amide bonds. The van der Waals surface area contributed by atoms with Crippen molar-refractivity contribution in [3.63, 3.8) is 0 Å². The van der Waals surface area contributed by atoms with Gasteiger partial charge in [0.15, 0.2) is 0 Å². The highest BCUT2D eigenvalue weighted by Gasteiger charge is 2.17. The topological polar surface area (TPSA) is 50.1 Å². The van der Waals surface area contributed by atoms with E-state index >= 15 is 0 Å². The largest absolute Gasteiger partial charge is 0.423 e. The molecule has 1 aliphatic carbocycles. The Labute approximate surface area is 181 Å². The second-order valence-electron chi connectivity index (χ2n) is 7.76. The number of rotatable bonds is 6. The first kappa shape index (κ1) is 22.4. The van der Waals surface area contributed by atoms with Crippen molar-refractivity contribution in [1.82, 2.24) is 0 Å². The molecule has 0 unspecified atom stereocenters. The number of carbonyl (C=O) groups is 1. The fourth-order valence-electron chi connectivity index (χ4n) is 3.72. The molecule has 0 saturated heterocycles. The van der Waals surface area contributed by atoms with Crippen LogP contribution in [0.5, 0.6) is 5.75 Å². The van der Waals surface area contributed by atoms with Gasteiger partial charge in [-0.2, -0.15) is 5.26 Å². The molecular formula is C26H25F2NO2. The van der Waals surface area contributed by atoms with Crippen molar-refractivity contribution >= 4 is 12.0 Å². The lowest BCUT2D eigenvalue weighted by Crippen LogP contribution is -2.11. The Kier molecular flexibility index (Phi) is 7.72. The molecule has 0 N–H and O–H groups in total. The SMILES string of the molecule is CC/C=C/C1CCC(/C=C/c2ccc(C(=O)Oc3cc(F)c(C#N)c(F)c3)cc2)CC1. The third-order valence-electron chi connectivity index (χ3n) is 5.51. The number of carbonyl (C=O) groups excluding carboxylic acids is 1. The van der Waals surface area contributed by atoms with Crippen LogP contribution in [0.1, 0.15) is 60.5 Å². The number of allylic oxidation sites excluding steroid dienone is 3. The molecule has 0 bridgehead atoms. The number of benzene rings is 2. The van der Waals surface area contributed by atoms with Gasteiger partial charge in [0.2, 0.25) is 0 Å². The van der Waals surface area contributed by atoms with Gasteiger partial charge in [-0.15, -0.1) is 0 Å². The standard InChI is InChI=1S/C26H25F2NO2/c1-2-3-4-18-5-7-19(8-6-18)9-10-20-11-13-21(14-12-20)26(30)31-22-15-24(27)23(17-29)25(28)16-22/h3-4,9-16,18-19H,2,5-8H2,1H3/b4-3+,10-9+. The molecular weight excluding hydrogens is 396 g/mol. The molecule has 3 nitrogen and oxygen atoms in total. The number of hydrogen-bond donors (Lipinski definition) is 0. The molecule has 0 atom stereocenters. The summed E-state index contributed by atoms with van der Waals surface area (Å²) in [6, 6.07) is 9.92. The van der Waals surface area contributed by atoms with Crippen LogP contribution in [0, 0.1) is 34.8 Å². The fraction of sp³-hybridized carbons (Fsp3) is 0.308. The smallest absolute Gasteiger partial charge is 0.343 e. The normalized spacial score (nSPS) is 18.9. The highest BCUT2D eigenvalue weighted by Crippen LogP contribution is 2.31. The molecule has 0 heterocycles. The summed E-state index contributed by atoms with van der Waals surface area (Å²) in [6.45, 7) is 2.16. The van der Waals surface area contributed by atoms with Crippen LogP contribution >= 0.6 is 0 Å². The predicted molar refractivity (Wildman–Crippen MR) is 116 cm³/mol. The Morgan fingerprint density at radius 2 is 1.65 bits per heavy atom. The van der Waals surface area contributed by atoms with Gasteiger partial charge in [0.05, 0.1) is 5.56 Å². The quantitative estimate of drug-likeness (QED) is 0.291. The number of ether oxygens (including phenoxy) is 1. The number of esters is 1. The first-order valence-electron chi connectivity index (χ1n) is 10.6. The summed E-state index contributed by atoms with van der Waals surface area (Å²) < 4.78 is 32.4. The van der Waals surface area contributed by atoms with Gasteiger partial charge < -0.3 is 4.74 Å². The molecule has 0 radical (unpaired) electrons. The Morgan fingerprint density at radius 3 is 2.19 bits per heavy atom. The van der Waals surface area contributed by atoms with E-state index in [-0.39, 0.29) is 11.3 Å². The van der Waals surface area contributed by atoms with Crippen molar-refractivity contribution in [2.75, 3.05) is 0 Å². The van der Waals surface area contributed by atoms with Gasteiger partial charge in [-0.05, 0) is 61.6 Å². The van der Waals surface area contributed by atoms with E-state index in [2.05, 4.69) is 31.2 Å². The second-order valence-corrected chi connectivity index (χ2v) is 7.76. The lowest BCUT2D eigenvalue weighted by Gasteiger charge is -2.24. The van der Waals surface area contributed by atoms with Crippen LogP contribution in [0.2, 0.25) is 0 Å². The van der Waals surface area contributed by atoms with E-state index in [1.54, 1.807) is 12.1 Å². The summed E-state index contributed by atoms with van der Waals surface area (Å²) in [5.74, 6) is -1.88. The minimum absolute atomic E-state index is 0.269. The molecule has 0 aliphatic heterocycles. The fourth-order valence-corrected chi connectivity index (χ4v) is 3.72. The van der Waals surface area contributed by atoms with Crippen LogP contribution < -0.4 is 4.74 Å². The average molecular weight is 421 g/mol. The molecule has 160 valence electrons. The van der Waals surface area contributed by atoms with Gasteiger partial charge in [0.25, 0.3) is 0 Å². The van der Waals surface area contributed by atoms with Crippen LogP contribution in [0.25, 0.3) is 6.08 Å². The van der Waals surface area contributed by atoms with Crippen molar-refractivity contribution in [1.29, 1.82) is 5.26 Å². The van der Waals surface area contributed by atoms with Crippen LogP contribution in [-0.4, -0.2) is 5.97 Å². The molecule has 1 aliphatic rings. The molecule has 5 heteroatoms. The third kappa shape index (κ3) is 6.11. The Hall–Kier alpha value is -3.26. The molecule has 2 aromatic rings. The molecule has 1 fully saturated rings. The summed E-state index contributed by atoms with van der Waals surface area (Å²) in [7, 11) is 0. The zero-order valence-electron chi connectivity index (χ0n) is 17.5. The highest BCUT2D eigenvalue weighted by atomic mass is 19.1. The summed E-state index contributed by atoms with van der Waals surface area (Å²) >= 11 is 0. The molecule has 1 saturated carbocycles. The van der Waals surface area contributed by atoms with Crippen molar-refractivity contribution in [2.24, 2.45) is 11.8 Å². The van der Waals surface area contributed by atoms with E-state index in [9.17, 15) is 13.6 Å². The molecule has 3 rings (SSSR count). The zero-order chi connectivity index (χ0) is 22.2. The maximum atomic E-state index is 13.7. The summed E-state index contributed by atoms with van der Waals surface area (Å²) in [5, 5.41) is 8.70. The van der Waals surface area contributed by atoms with Crippen molar-refractivity contribution < 1.29 is 18.3 Å². The Balaban J connectivity index is 1.56. The van der Waals surface area contributed by atoms with Gasteiger partial charge in [0, 0.05) is 12.1 Å². The average Bonchev–Trinajstić information content (AvgIpc) is 2.77. The highest BCUT2D eigenvalue weighted by molar-refractivity contribution is 5.91. The van der Waals surface area contributed by atoms with E-state index in [4.69, 9.17) is 10.00 Å². The Morgan fingerprint density at radius 1 is 1.06 bits per heavy atom. The van der Waals surface area contributed by atoms with E-state index in [1.165, 1.54) is 31.8 Å². The van der Waals surface area contributed by atoms with Gasteiger partial charge in [0.1, 0.15) is 29.0 Å². The zero-order valence-corrected chi connectivity index (χ0v) is 17.5. The maximum absolute atomic E-state index is 13.7. The summed E-state index contributed by atoms with van der Waals surface area (Å²) in [4.78, 5) is 12.3. The van der Waals surface area contributed by atoms with Crippen molar-refractivity contribution in [2.45, 2.75) is 39.0 Å². The van der Waals surface area contributed by atoms with E-state index < -0.39 is 23.2 Å². The minimum Gasteiger partial charge on any atom is -0.423 e. The second kappa shape index (κ2) is 10.7. The van der Waals surface area contributed by atoms with Crippen LogP contribution in [0.4, 0.5) is 8.78 Å². The first-order valence-corrected chi connectivity index (χ1v) is 10.6. The predicted octanol–water partition coefficient (Wildman–Crippen LogP) is 6.84. The monoisotopic (exact) mass is 421 g/mol. The minimum atomic E-state index is -1.07. The van der Waals surface area contributed by atoms with E-state index in [0.717, 1.165) is 24.1 Å². The number of nitrogens with zero attached hydrogens (tertiary/aromatic N) is 1. The summed E-state index contributed by atoms with van der Waals surface area (Å²) in [5.41, 5.74) is 0.535. The van der Waals surface area contributed by atoms with Crippen LogP contribution in [-0.2, 0) is 0 Å². The lowest BCUT2D eigenvalue weighted by atomic mass is 9.81.